The van der Waals surface area contributed by atoms with Crippen LogP contribution in [0, 0.1) is 0 Å². The van der Waals surface area contributed by atoms with Crippen LogP contribution in [0.4, 0.5) is 13.2 Å². The van der Waals surface area contributed by atoms with E-state index in [1.54, 1.807) is 24.5 Å². The lowest BCUT2D eigenvalue weighted by Gasteiger charge is -2.15. The van der Waals surface area contributed by atoms with Gasteiger partial charge in [0.05, 0.1) is 17.0 Å². The van der Waals surface area contributed by atoms with Gasteiger partial charge in [-0.3, -0.25) is 19.7 Å². The molecule has 0 aliphatic rings. The van der Waals surface area contributed by atoms with Crippen molar-refractivity contribution >= 4 is 17.5 Å². The van der Waals surface area contributed by atoms with E-state index in [4.69, 9.17) is 11.6 Å². The third-order valence-corrected chi connectivity index (χ3v) is 4.38. The van der Waals surface area contributed by atoms with E-state index in [-0.39, 0.29) is 23.0 Å². The number of carbonyl (C=O) groups is 1. The zero-order chi connectivity index (χ0) is 21.0. The Kier molecular flexibility index (Phi) is 6.12. The molecule has 150 valence electrons. The van der Waals surface area contributed by atoms with E-state index in [9.17, 15) is 18.0 Å². The lowest BCUT2D eigenvalue weighted by Crippen LogP contribution is -2.28. The molecule has 2 aromatic heterocycles. The van der Waals surface area contributed by atoms with Crippen LogP contribution in [0.25, 0.3) is 11.4 Å². The lowest BCUT2D eigenvalue weighted by molar-refractivity contribution is -0.137. The van der Waals surface area contributed by atoms with Crippen molar-refractivity contribution in [2.24, 2.45) is 0 Å². The topological polar surface area (TPSA) is 67.8 Å². The first kappa shape index (κ1) is 20.7. The number of aromatic nitrogens is 3. The fourth-order valence-corrected chi connectivity index (χ4v) is 2.97. The third kappa shape index (κ3) is 5.08. The highest BCUT2D eigenvalue weighted by Crippen LogP contribution is 2.32. The van der Waals surface area contributed by atoms with E-state index in [1.807, 2.05) is 13.0 Å². The Labute approximate surface area is 170 Å². The van der Waals surface area contributed by atoms with Gasteiger partial charge in [-0.15, -0.1) is 0 Å². The van der Waals surface area contributed by atoms with Gasteiger partial charge in [0.15, 0.2) is 0 Å². The molecule has 1 unspecified atom stereocenters. The second-order valence-electron chi connectivity index (χ2n) is 6.34. The maximum absolute atomic E-state index is 12.9. The number of alkyl halides is 3. The second kappa shape index (κ2) is 8.57. The molecule has 0 radical (unpaired) electrons. The third-order valence-electron chi connectivity index (χ3n) is 4.16. The molecule has 0 saturated carbocycles. The van der Waals surface area contributed by atoms with Crippen LogP contribution >= 0.6 is 11.6 Å². The van der Waals surface area contributed by atoms with Crippen molar-refractivity contribution in [1.82, 2.24) is 20.3 Å². The molecule has 1 aromatic carbocycles. The highest BCUT2D eigenvalue weighted by atomic mass is 35.5. The summed E-state index contributed by atoms with van der Waals surface area (Å²) in [5.74, 6) is -0.918. The van der Waals surface area contributed by atoms with Crippen LogP contribution in [0.2, 0.25) is 5.02 Å². The van der Waals surface area contributed by atoms with Crippen LogP contribution in [0.1, 0.15) is 34.5 Å². The lowest BCUT2D eigenvalue weighted by atomic mass is 10.0. The van der Waals surface area contributed by atoms with Crippen LogP contribution in [0.3, 0.4) is 0 Å². The van der Waals surface area contributed by atoms with Crippen LogP contribution < -0.4 is 5.32 Å². The SMILES string of the molecule is CC(CNC(=O)c1cc(Cl)cc(C(F)(F)F)c1)c1nccnc1-c1ccccn1. The zero-order valence-corrected chi connectivity index (χ0v) is 16.0. The minimum absolute atomic E-state index is 0.144. The molecular formula is C20H16ClF3N4O. The van der Waals surface area contributed by atoms with E-state index in [1.165, 1.54) is 12.3 Å². The molecule has 1 N–H and O–H groups in total. The number of carbonyl (C=O) groups excluding carboxylic acids is 1. The fourth-order valence-electron chi connectivity index (χ4n) is 2.74. The molecule has 0 saturated heterocycles. The van der Waals surface area contributed by atoms with Crippen molar-refractivity contribution in [2.45, 2.75) is 19.0 Å². The molecule has 2 heterocycles. The number of rotatable bonds is 5. The average Bonchev–Trinajstić information content (AvgIpc) is 2.71. The number of pyridine rings is 1. The van der Waals surface area contributed by atoms with Crippen molar-refractivity contribution in [3.05, 3.63) is 76.8 Å². The summed E-state index contributed by atoms with van der Waals surface area (Å²) >= 11 is 5.74. The molecule has 1 atom stereocenters. The molecule has 0 fully saturated rings. The summed E-state index contributed by atoms with van der Waals surface area (Å²) in [5, 5.41) is 2.47. The first-order chi connectivity index (χ1) is 13.8. The fraction of sp³-hybridized carbons (Fsp3) is 0.200. The number of benzene rings is 1. The minimum atomic E-state index is -4.59. The Morgan fingerprint density at radius 3 is 2.55 bits per heavy atom. The highest BCUT2D eigenvalue weighted by molar-refractivity contribution is 6.31. The van der Waals surface area contributed by atoms with Crippen LogP contribution in [-0.4, -0.2) is 27.4 Å². The van der Waals surface area contributed by atoms with Gasteiger partial charge >= 0.3 is 6.18 Å². The van der Waals surface area contributed by atoms with Crippen molar-refractivity contribution in [2.75, 3.05) is 6.54 Å². The van der Waals surface area contributed by atoms with Crippen LogP contribution in [-0.2, 0) is 6.18 Å². The van der Waals surface area contributed by atoms with Gasteiger partial charge in [-0.1, -0.05) is 24.6 Å². The Morgan fingerprint density at radius 2 is 1.86 bits per heavy atom. The van der Waals surface area contributed by atoms with E-state index in [0.29, 0.717) is 17.1 Å². The molecule has 29 heavy (non-hydrogen) atoms. The molecule has 3 rings (SSSR count). The number of amides is 1. The van der Waals surface area contributed by atoms with Crippen molar-refractivity contribution in [1.29, 1.82) is 0 Å². The first-order valence-corrected chi connectivity index (χ1v) is 9.02. The zero-order valence-electron chi connectivity index (χ0n) is 15.2. The Morgan fingerprint density at radius 1 is 1.10 bits per heavy atom. The molecule has 5 nitrogen and oxygen atoms in total. The van der Waals surface area contributed by atoms with Crippen molar-refractivity contribution in [3.8, 4) is 11.4 Å². The van der Waals surface area contributed by atoms with Gasteiger partial charge in [0, 0.05) is 41.6 Å². The quantitative estimate of drug-likeness (QED) is 0.647. The van der Waals surface area contributed by atoms with Gasteiger partial charge in [0.1, 0.15) is 5.69 Å². The molecule has 0 spiro atoms. The summed E-state index contributed by atoms with van der Waals surface area (Å²) in [5.41, 5.74) is 0.694. The molecular weight excluding hydrogens is 405 g/mol. The summed E-state index contributed by atoms with van der Waals surface area (Å²) < 4.78 is 38.8. The molecule has 3 aromatic rings. The predicted octanol–water partition coefficient (Wildman–Crippen LogP) is 4.74. The number of nitrogens with one attached hydrogen (secondary N) is 1. The summed E-state index contributed by atoms with van der Waals surface area (Å²) in [7, 11) is 0. The normalized spacial score (nSPS) is 12.4. The molecule has 0 aliphatic carbocycles. The van der Waals surface area contributed by atoms with Crippen molar-refractivity contribution < 1.29 is 18.0 Å². The highest BCUT2D eigenvalue weighted by Gasteiger charge is 2.31. The molecule has 9 heteroatoms. The van der Waals surface area contributed by atoms with Gasteiger partial charge < -0.3 is 5.32 Å². The summed E-state index contributed by atoms with van der Waals surface area (Å²) in [6.07, 6.45) is 0.123. The number of hydrogen-bond acceptors (Lipinski definition) is 4. The largest absolute Gasteiger partial charge is 0.416 e. The van der Waals surface area contributed by atoms with Crippen LogP contribution in [0.5, 0.6) is 0 Å². The number of hydrogen-bond donors (Lipinski definition) is 1. The van der Waals surface area contributed by atoms with E-state index in [2.05, 4.69) is 20.3 Å². The summed E-state index contributed by atoms with van der Waals surface area (Å²) in [6, 6.07) is 8.14. The Balaban J connectivity index is 1.76. The first-order valence-electron chi connectivity index (χ1n) is 8.64. The van der Waals surface area contributed by atoms with E-state index >= 15 is 0 Å². The Bertz CT molecular complexity index is 1010. The smallest absolute Gasteiger partial charge is 0.351 e. The van der Waals surface area contributed by atoms with Gasteiger partial charge in [-0.25, -0.2) is 0 Å². The average molecular weight is 421 g/mol. The second-order valence-corrected chi connectivity index (χ2v) is 6.78. The van der Waals surface area contributed by atoms with Gasteiger partial charge in [0.25, 0.3) is 5.91 Å². The Hall–Kier alpha value is -3.00. The maximum atomic E-state index is 12.9. The van der Waals surface area contributed by atoms with Crippen LogP contribution in [0.15, 0.2) is 55.0 Å². The monoisotopic (exact) mass is 420 g/mol. The molecule has 1 amide bonds. The van der Waals surface area contributed by atoms with E-state index in [0.717, 1.165) is 12.1 Å². The van der Waals surface area contributed by atoms with E-state index < -0.39 is 17.6 Å². The number of halogens is 4. The van der Waals surface area contributed by atoms with Gasteiger partial charge in [0.2, 0.25) is 0 Å². The molecule has 0 bridgehead atoms. The molecule has 0 aliphatic heterocycles. The standard InChI is InChI=1S/C20H16ClF3N4O/c1-12(17-18(27-7-6-26-17)16-4-2-3-5-25-16)11-28-19(29)13-8-14(20(22,23)24)10-15(21)9-13/h2-10,12H,11H2,1H3,(H,28,29). The van der Waals surface area contributed by atoms with Gasteiger partial charge in [-0.2, -0.15) is 13.2 Å². The number of nitrogens with zero attached hydrogens (tertiary/aromatic N) is 3. The van der Waals surface area contributed by atoms with Crippen molar-refractivity contribution in [3.63, 3.8) is 0 Å². The van der Waals surface area contributed by atoms with Gasteiger partial charge in [-0.05, 0) is 30.3 Å². The maximum Gasteiger partial charge on any atom is 0.416 e. The summed E-state index contributed by atoms with van der Waals surface area (Å²) in [6.45, 7) is 1.97. The minimum Gasteiger partial charge on any atom is -0.351 e. The predicted molar refractivity (Wildman–Crippen MR) is 102 cm³/mol. The summed E-state index contributed by atoms with van der Waals surface area (Å²) in [4.78, 5) is 25.3.